The lowest BCUT2D eigenvalue weighted by Crippen LogP contribution is -2.50. The molecule has 1 saturated heterocycles. The Bertz CT molecular complexity index is 924. The van der Waals surface area contributed by atoms with Crippen LogP contribution < -0.4 is 9.47 Å². The van der Waals surface area contributed by atoms with Gasteiger partial charge in [-0.25, -0.2) is 4.39 Å². The van der Waals surface area contributed by atoms with Crippen LogP contribution in [0.4, 0.5) is 4.39 Å². The van der Waals surface area contributed by atoms with Crippen molar-refractivity contribution in [1.82, 2.24) is 9.80 Å². The number of hydrogen-bond acceptors (Lipinski definition) is 4. The number of carbonyl (C=O) groups is 2. The number of nitrogens with zero attached hydrogens (tertiary/aromatic N) is 2. The van der Waals surface area contributed by atoms with Crippen LogP contribution >= 0.6 is 23.2 Å². The molecule has 0 spiro atoms. The molecule has 2 amide bonds. The summed E-state index contributed by atoms with van der Waals surface area (Å²) in [6, 6.07) is 7.20. The van der Waals surface area contributed by atoms with Gasteiger partial charge in [-0.2, -0.15) is 0 Å². The van der Waals surface area contributed by atoms with Crippen molar-refractivity contribution >= 4 is 35.0 Å². The third-order valence-electron chi connectivity index (χ3n) is 4.69. The van der Waals surface area contributed by atoms with E-state index in [-0.39, 0.29) is 21.5 Å². The van der Waals surface area contributed by atoms with E-state index in [0.29, 0.717) is 43.2 Å². The van der Waals surface area contributed by atoms with Crippen LogP contribution in [0.1, 0.15) is 20.7 Å². The minimum absolute atomic E-state index is 0.0471. The van der Waals surface area contributed by atoms with Crippen molar-refractivity contribution in [3.63, 3.8) is 0 Å². The van der Waals surface area contributed by atoms with E-state index in [1.165, 1.54) is 25.2 Å². The molecule has 3 rings (SSSR count). The molecule has 1 aliphatic rings. The molecular weight excluding hydrogens is 422 g/mol. The van der Waals surface area contributed by atoms with Gasteiger partial charge in [-0.15, -0.1) is 0 Å². The third kappa shape index (κ3) is 4.57. The second kappa shape index (κ2) is 8.88. The molecule has 0 radical (unpaired) electrons. The van der Waals surface area contributed by atoms with Gasteiger partial charge in [0.1, 0.15) is 17.3 Å². The zero-order valence-electron chi connectivity index (χ0n) is 15.9. The average Bonchev–Trinajstić information content (AvgIpc) is 2.74. The number of rotatable bonds is 4. The van der Waals surface area contributed by atoms with E-state index in [1.807, 2.05) is 0 Å². The van der Waals surface area contributed by atoms with Gasteiger partial charge < -0.3 is 19.3 Å². The number of halogens is 3. The molecule has 154 valence electrons. The van der Waals surface area contributed by atoms with Crippen LogP contribution in [0, 0.1) is 5.82 Å². The highest BCUT2D eigenvalue weighted by Crippen LogP contribution is 2.27. The first-order valence-electron chi connectivity index (χ1n) is 8.80. The van der Waals surface area contributed by atoms with Crippen LogP contribution in [-0.4, -0.2) is 62.0 Å². The molecule has 29 heavy (non-hydrogen) atoms. The number of amides is 2. The Labute approximate surface area is 177 Å². The third-order valence-corrected chi connectivity index (χ3v) is 5.30. The topological polar surface area (TPSA) is 59.1 Å². The molecule has 1 heterocycles. The number of benzene rings is 2. The summed E-state index contributed by atoms with van der Waals surface area (Å²) in [5, 5.41) is -0.0564. The number of carbonyl (C=O) groups excluding carboxylic acids is 2. The normalized spacial score (nSPS) is 14.0. The summed E-state index contributed by atoms with van der Waals surface area (Å²) in [5.41, 5.74) is 0.481. The Morgan fingerprint density at radius 2 is 1.34 bits per heavy atom. The van der Waals surface area contributed by atoms with Crippen LogP contribution in [-0.2, 0) is 0 Å². The van der Waals surface area contributed by atoms with Gasteiger partial charge in [0.25, 0.3) is 11.8 Å². The molecule has 6 nitrogen and oxygen atoms in total. The van der Waals surface area contributed by atoms with Crippen molar-refractivity contribution < 1.29 is 23.5 Å². The van der Waals surface area contributed by atoms with Gasteiger partial charge in [-0.3, -0.25) is 9.59 Å². The summed E-state index contributed by atoms with van der Waals surface area (Å²) in [4.78, 5) is 28.7. The molecule has 0 unspecified atom stereocenters. The molecule has 1 aliphatic heterocycles. The van der Waals surface area contributed by atoms with Crippen molar-refractivity contribution in [2.75, 3.05) is 40.4 Å². The summed E-state index contributed by atoms with van der Waals surface area (Å²) in [5.74, 6) is -0.271. The second-order valence-electron chi connectivity index (χ2n) is 6.43. The summed E-state index contributed by atoms with van der Waals surface area (Å²) in [7, 11) is 3.02. The SMILES string of the molecule is COc1cc(OC)cc(C(=O)N2CCN(C(=O)c3cc(F)c(Cl)cc3Cl)CC2)c1. The summed E-state index contributed by atoms with van der Waals surface area (Å²) >= 11 is 11.7. The van der Waals surface area contributed by atoms with Crippen LogP contribution in [0.3, 0.4) is 0 Å². The Balaban J connectivity index is 1.70. The first-order valence-corrected chi connectivity index (χ1v) is 9.55. The molecule has 0 N–H and O–H groups in total. The fourth-order valence-corrected chi connectivity index (χ4v) is 3.55. The minimum atomic E-state index is -0.708. The highest BCUT2D eigenvalue weighted by molar-refractivity contribution is 6.36. The van der Waals surface area contributed by atoms with E-state index in [2.05, 4.69) is 0 Å². The van der Waals surface area contributed by atoms with Crippen LogP contribution in [0.15, 0.2) is 30.3 Å². The monoisotopic (exact) mass is 440 g/mol. The van der Waals surface area contributed by atoms with Gasteiger partial charge in [-0.05, 0) is 24.3 Å². The second-order valence-corrected chi connectivity index (χ2v) is 7.25. The lowest BCUT2D eigenvalue weighted by molar-refractivity contribution is 0.0535. The molecular formula is C20H19Cl2FN2O4. The molecule has 0 saturated carbocycles. The lowest BCUT2D eigenvalue weighted by atomic mass is 10.1. The van der Waals surface area contributed by atoms with Gasteiger partial charge in [0.15, 0.2) is 0 Å². The smallest absolute Gasteiger partial charge is 0.255 e. The molecule has 0 atom stereocenters. The van der Waals surface area contributed by atoms with E-state index in [1.54, 1.807) is 23.1 Å². The maximum Gasteiger partial charge on any atom is 0.255 e. The van der Waals surface area contributed by atoms with E-state index in [9.17, 15) is 14.0 Å². The fraction of sp³-hybridized carbons (Fsp3) is 0.300. The summed E-state index contributed by atoms with van der Waals surface area (Å²) in [6.07, 6.45) is 0. The summed E-state index contributed by atoms with van der Waals surface area (Å²) < 4.78 is 24.1. The first-order chi connectivity index (χ1) is 13.8. The quantitative estimate of drug-likeness (QED) is 0.679. The Morgan fingerprint density at radius 1 is 0.828 bits per heavy atom. The van der Waals surface area contributed by atoms with E-state index < -0.39 is 11.7 Å². The van der Waals surface area contributed by atoms with Crippen molar-refractivity contribution in [2.45, 2.75) is 0 Å². The van der Waals surface area contributed by atoms with Gasteiger partial charge in [0.2, 0.25) is 0 Å². The molecule has 0 bridgehead atoms. The first kappa shape index (κ1) is 21.2. The van der Waals surface area contributed by atoms with E-state index in [4.69, 9.17) is 32.7 Å². The molecule has 0 aromatic heterocycles. The number of hydrogen-bond donors (Lipinski definition) is 0. The lowest BCUT2D eigenvalue weighted by Gasteiger charge is -2.35. The molecule has 0 aliphatic carbocycles. The largest absolute Gasteiger partial charge is 0.497 e. The van der Waals surface area contributed by atoms with Gasteiger partial charge >= 0.3 is 0 Å². The van der Waals surface area contributed by atoms with Crippen molar-refractivity contribution in [3.05, 3.63) is 57.3 Å². The molecule has 9 heteroatoms. The Hall–Kier alpha value is -2.51. The van der Waals surface area contributed by atoms with E-state index >= 15 is 0 Å². The zero-order valence-corrected chi connectivity index (χ0v) is 17.4. The maximum absolute atomic E-state index is 13.7. The molecule has 2 aromatic rings. The number of piperazine rings is 1. The highest BCUT2D eigenvalue weighted by atomic mass is 35.5. The molecule has 1 fully saturated rings. The summed E-state index contributed by atoms with van der Waals surface area (Å²) in [6.45, 7) is 1.26. The zero-order chi connectivity index (χ0) is 21.1. The Kier molecular flexibility index (Phi) is 6.49. The predicted octanol–water partition coefficient (Wildman–Crippen LogP) is 3.75. The standard InChI is InChI=1S/C20H19Cl2FN2O4/c1-28-13-7-12(8-14(9-13)29-2)19(26)24-3-5-25(6-4-24)20(27)15-10-18(23)17(22)11-16(15)21/h7-11H,3-6H2,1-2H3. The van der Waals surface area contributed by atoms with Crippen LogP contribution in [0.2, 0.25) is 10.0 Å². The highest BCUT2D eigenvalue weighted by Gasteiger charge is 2.27. The molecule has 2 aromatic carbocycles. The number of ether oxygens (including phenoxy) is 2. The van der Waals surface area contributed by atoms with E-state index in [0.717, 1.165) is 6.07 Å². The predicted molar refractivity (Wildman–Crippen MR) is 108 cm³/mol. The Morgan fingerprint density at radius 3 is 1.86 bits per heavy atom. The minimum Gasteiger partial charge on any atom is -0.497 e. The van der Waals surface area contributed by atoms with Gasteiger partial charge in [0, 0.05) is 37.8 Å². The average molecular weight is 441 g/mol. The van der Waals surface area contributed by atoms with Gasteiger partial charge in [-0.1, -0.05) is 23.2 Å². The van der Waals surface area contributed by atoms with Crippen molar-refractivity contribution in [2.24, 2.45) is 0 Å². The van der Waals surface area contributed by atoms with Gasteiger partial charge in [0.05, 0.1) is 29.8 Å². The number of methoxy groups -OCH3 is 2. The van der Waals surface area contributed by atoms with Crippen molar-refractivity contribution in [3.8, 4) is 11.5 Å². The van der Waals surface area contributed by atoms with Crippen LogP contribution in [0.5, 0.6) is 11.5 Å². The maximum atomic E-state index is 13.7. The fourth-order valence-electron chi connectivity index (χ4n) is 3.08. The van der Waals surface area contributed by atoms with Crippen LogP contribution in [0.25, 0.3) is 0 Å². The van der Waals surface area contributed by atoms with Crippen molar-refractivity contribution in [1.29, 1.82) is 0 Å².